The molecule has 6 atom stereocenters. The molecule has 1 unspecified atom stereocenters. The first-order valence-electron chi connectivity index (χ1n) is 21.9. The molecule has 0 bridgehead atoms. The highest BCUT2D eigenvalue weighted by molar-refractivity contribution is 7.59. The molecule has 3 heterocycles. The second kappa shape index (κ2) is 18.3. The van der Waals surface area contributed by atoms with Crippen molar-refractivity contribution in [1.82, 2.24) is 9.88 Å². The van der Waals surface area contributed by atoms with Gasteiger partial charge in [0.1, 0.15) is 29.6 Å². The van der Waals surface area contributed by atoms with E-state index in [0.29, 0.717) is 46.6 Å². The molecule has 324 valence electrons. The van der Waals surface area contributed by atoms with Gasteiger partial charge < -0.3 is 19.3 Å². The van der Waals surface area contributed by atoms with Gasteiger partial charge in [-0.05, 0) is 81.5 Å². The van der Waals surface area contributed by atoms with Crippen molar-refractivity contribution in [3.63, 3.8) is 0 Å². The van der Waals surface area contributed by atoms with Crippen molar-refractivity contribution < 1.29 is 42.1 Å². The summed E-state index contributed by atoms with van der Waals surface area (Å²) in [5.41, 5.74) is 2.39. The molecule has 1 N–H and O–H groups in total. The molecule has 61 heavy (non-hydrogen) atoms. The minimum absolute atomic E-state index is 0.0289. The second-order valence-electron chi connectivity index (χ2n) is 17.8. The van der Waals surface area contributed by atoms with Gasteiger partial charge in [0.05, 0.1) is 46.6 Å². The topological polar surface area (TPSA) is 123 Å². The number of ketones is 1. The summed E-state index contributed by atoms with van der Waals surface area (Å²) in [4.78, 5) is 61.5. The first-order chi connectivity index (χ1) is 29.3. The van der Waals surface area contributed by atoms with Crippen LogP contribution < -0.4 is 4.74 Å². The Hall–Kier alpha value is -4.18. The van der Waals surface area contributed by atoms with E-state index in [4.69, 9.17) is 26.1 Å². The molecule has 2 aliphatic carbocycles. The van der Waals surface area contributed by atoms with Crippen LogP contribution in [0.3, 0.4) is 0 Å². The summed E-state index contributed by atoms with van der Waals surface area (Å²) >= 11 is 6.85. The summed E-state index contributed by atoms with van der Waals surface area (Å²) < 4.78 is 57.1. The van der Waals surface area contributed by atoms with Gasteiger partial charge in [-0.1, -0.05) is 86.2 Å². The molecule has 4 aliphatic rings. The zero-order chi connectivity index (χ0) is 42.9. The molecule has 0 radical (unpaired) electrons. The Morgan fingerprint density at radius 2 is 1.61 bits per heavy atom. The monoisotopic (exact) mass is 874 g/mol. The van der Waals surface area contributed by atoms with Crippen molar-refractivity contribution in [3.05, 3.63) is 94.5 Å². The van der Waals surface area contributed by atoms with E-state index in [1.165, 1.54) is 11.0 Å². The summed E-state index contributed by atoms with van der Waals surface area (Å²) in [7, 11) is -4.41. The maximum Gasteiger partial charge on any atom is 0.306 e. The van der Waals surface area contributed by atoms with Gasteiger partial charge in [0.15, 0.2) is 5.78 Å². The molecule has 3 aromatic carbocycles. The number of carbonyl (C=O) groups is 3. The number of fused-ring (bicyclic) bond motifs is 3. The molecule has 1 aromatic heterocycles. The number of aromatic nitrogens is 1. The zero-order valence-electron chi connectivity index (χ0n) is 34.6. The van der Waals surface area contributed by atoms with Crippen LogP contribution >= 0.6 is 19.0 Å². The van der Waals surface area contributed by atoms with Crippen molar-refractivity contribution in [2.45, 2.75) is 133 Å². The molecule has 4 aromatic rings. The number of benzene rings is 3. The van der Waals surface area contributed by atoms with E-state index in [1.54, 1.807) is 0 Å². The molecule has 2 aliphatic heterocycles. The van der Waals surface area contributed by atoms with Gasteiger partial charge in [-0.3, -0.25) is 18.9 Å². The number of aryl methyl sites for hydroxylation is 1. The van der Waals surface area contributed by atoms with E-state index in [-0.39, 0.29) is 50.2 Å². The van der Waals surface area contributed by atoms with Gasteiger partial charge >= 0.3 is 5.97 Å². The first-order valence-corrected chi connectivity index (χ1v) is 24.2. The standard InChI is InChI=1S/C48H54ClF2N2O7P/c1-30-21-22-36-43(25-40(52-46(36)45(30)49)31-13-7-5-8-14-31)59-35-24-41-42(54)27-48(61(57,58)29-37-38(50)19-12-20-39(37)51)26-33(48)16-9-4-2-3-6-15-32(47(56)53(41)28-35)23-44(55)60-34-17-10-11-18-34/h5,7-8,12-14,19-22,25,32-35,41H,2-4,6,9-11,15-18,23-24,26-29H2,1H3,(H,57,58)/t32-,33+,35-,41+,48-/m1/s1. The third-order valence-corrected chi connectivity index (χ3v) is 17.0. The molecule has 2 saturated carbocycles. The summed E-state index contributed by atoms with van der Waals surface area (Å²) in [6.07, 6.45) is 7.00. The fourth-order valence-corrected chi connectivity index (χ4v) is 12.9. The molecule has 13 heteroatoms. The number of hydrogen-bond acceptors (Lipinski definition) is 7. The van der Waals surface area contributed by atoms with Crippen molar-refractivity contribution in [1.29, 1.82) is 0 Å². The van der Waals surface area contributed by atoms with Crippen LogP contribution in [0.1, 0.15) is 107 Å². The Bertz CT molecular complexity index is 2320. The van der Waals surface area contributed by atoms with E-state index >= 15 is 0 Å². The predicted molar refractivity (Wildman–Crippen MR) is 231 cm³/mol. The fourth-order valence-electron chi connectivity index (χ4n) is 10.1. The summed E-state index contributed by atoms with van der Waals surface area (Å²) in [6, 6.07) is 17.5. The van der Waals surface area contributed by atoms with Crippen LogP contribution in [-0.2, 0) is 29.8 Å². The van der Waals surface area contributed by atoms with E-state index in [1.807, 2.05) is 55.5 Å². The number of amides is 1. The van der Waals surface area contributed by atoms with Gasteiger partial charge in [-0.2, -0.15) is 0 Å². The fraction of sp³-hybridized carbons (Fsp3) is 0.500. The van der Waals surface area contributed by atoms with Crippen molar-refractivity contribution in [3.8, 4) is 17.0 Å². The summed E-state index contributed by atoms with van der Waals surface area (Å²) in [6.45, 7) is 1.93. The highest BCUT2D eigenvalue weighted by Crippen LogP contribution is 2.75. The third-order valence-electron chi connectivity index (χ3n) is 13.6. The summed E-state index contributed by atoms with van der Waals surface area (Å²) in [5, 5.41) is -0.256. The maximum atomic E-state index is 14.9. The van der Waals surface area contributed by atoms with E-state index in [2.05, 4.69) is 0 Å². The lowest BCUT2D eigenvalue weighted by molar-refractivity contribution is -0.154. The smallest absolute Gasteiger partial charge is 0.306 e. The average Bonchev–Trinajstić information content (AvgIpc) is 3.50. The largest absolute Gasteiger partial charge is 0.488 e. The summed E-state index contributed by atoms with van der Waals surface area (Å²) in [5.74, 6) is -3.57. The Kier molecular flexibility index (Phi) is 13.0. The molecular formula is C48H54ClF2N2O7P. The Morgan fingerprint density at radius 1 is 0.918 bits per heavy atom. The number of esters is 1. The molecule has 8 rings (SSSR count). The number of ether oxygens (including phenoxy) is 2. The first kappa shape index (κ1) is 43.5. The van der Waals surface area contributed by atoms with Crippen LogP contribution in [0.2, 0.25) is 5.02 Å². The number of rotatable bonds is 9. The third kappa shape index (κ3) is 9.30. The number of pyridine rings is 1. The maximum absolute atomic E-state index is 14.9. The Morgan fingerprint density at radius 3 is 2.34 bits per heavy atom. The van der Waals surface area contributed by atoms with Gasteiger partial charge in [0.2, 0.25) is 13.3 Å². The lowest BCUT2D eigenvalue weighted by atomic mass is 9.94. The van der Waals surface area contributed by atoms with E-state index in [9.17, 15) is 32.6 Å². The minimum Gasteiger partial charge on any atom is -0.488 e. The Balaban J connectivity index is 1.14. The van der Waals surface area contributed by atoms with Crippen molar-refractivity contribution in [2.75, 3.05) is 6.54 Å². The van der Waals surface area contributed by atoms with Gasteiger partial charge in [-0.15, -0.1) is 0 Å². The Labute approximate surface area is 361 Å². The zero-order valence-corrected chi connectivity index (χ0v) is 36.3. The van der Waals surface area contributed by atoms with Gasteiger partial charge in [-0.25, -0.2) is 13.8 Å². The second-order valence-corrected chi connectivity index (χ2v) is 20.8. The molecular weight excluding hydrogens is 821 g/mol. The van der Waals surface area contributed by atoms with Gasteiger partial charge in [0, 0.05) is 41.3 Å². The highest BCUT2D eigenvalue weighted by atomic mass is 35.5. The lowest BCUT2D eigenvalue weighted by Gasteiger charge is -2.30. The minimum atomic E-state index is -4.41. The number of hydrogen-bond donors (Lipinski definition) is 1. The molecule has 9 nitrogen and oxygen atoms in total. The number of nitrogens with zero attached hydrogens (tertiary/aromatic N) is 2. The number of carbonyl (C=O) groups excluding carboxylic acids is 3. The van der Waals surface area contributed by atoms with Crippen LogP contribution in [0.5, 0.6) is 5.75 Å². The molecule has 2 saturated heterocycles. The van der Waals surface area contributed by atoms with Crippen LogP contribution in [-0.4, -0.2) is 62.4 Å². The normalized spacial score (nSPS) is 26.2. The van der Waals surface area contributed by atoms with Crippen LogP contribution in [0, 0.1) is 30.4 Å². The van der Waals surface area contributed by atoms with E-state index in [0.717, 1.165) is 74.6 Å². The van der Waals surface area contributed by atoms with E-state index < -0.39 is 65.7 Å². The van der Waals surface area contributed by atoms with Crippen molar-refractivity contribution in [2.24, 2.45) is 11.8 Å². The molecule has 4 fully saturated rings. The van der Waals surface area contributed by atoms with Crippen molar-refractivity contribution >= 4 is 47.5 Å². The van der Waals surface area contributed by atoms with Crippen LogP contribution in [0.25, 0.3) is 22.2 Å². The lowest BCUT2D eigenvalue weighted by Crippen LogP contribution is -2.45. The van der Waals surface area contributed by atoms with Crippen LogP contribution in [0.4, 0.5) is 8.78 Å². The molecule has 0 spiro atoms. The predicted octanol–water partition coefficient (Wildman–Crippen LogP) is 10.9. The number of Topliss-reactive ketones (excluding diaryl/α,β-unsaturated/α-hetero) is 1. The number of halogens is 3. The average molecular weight is 875 g/mol. The molecule has 1 amide bonds. The SMILES string of the molecule is Cc1ccc2c(O[C@@H]3C[C@H]4C(=O)C[C@]5(P(=O)(O)Cc6c(F)cccc6F)C[C@@H]5CCCCCCC[C@H](CC(=O)OC5CCCC5)C(=O)N4C3)cc(-c3ccccc3)nc2c1Cl. The van der Waals surface area contributed by atoms with Gasteiger partial charge in [0.25, 0.3) is 0 Å². The van der Waals surface area contributed by atoms with Crippen LogP contribution in [0.15, 0.2) is 66.7 Å². The quantitative estimate of drug-likeness (QED) is 0.130. The highest BCUT2D eigenvalue weighted by Gasteiger charge is 2.66.